The molecule has 13 heteroatoms. The van der Waals surface area contributed by atoms with Gasteiger partial charge in [-0.1, -0.05) is 24.8 Å². The van der Waals surface area contributed by atoms with Crippen molar-refractivity contribution in [1.29, 1.82) is 0 Å². The Kier molecular flexibility index (Phi) is 7.81. The number of rotatable bonds is 9. The van der Waals surface area contributed by atoms with Crippen LogP contribution in [-0.4, -0.2) is 65.6 Å². The molecule has 2 aliphatic rings. The fourth-order valence-electron chi connectivity index (χ4n) is 3.48. The Hall–Kier alpha value is -2.73. The first-order valence-electron chi connectivity index (χ1n) is 10.4. The molecule has 0 radical (unpaired) electrons. The van der Waals surface area contributed by atoms with E-state index in [2.05, 4.69) is 21.7 Å². The number of hydrogen-bond acceptors (Lipinski definition) is 10. The lowest BCUT2D eigenvalue weighted by molar-refractivity contribution is -0.142. The molecule has 2 aliphatic heterocycles. The second-order valence-electron chi connectivity index (χ2n) is 8.07. The minimum absolute atomic E-state index is 0.217. The summed E-state index contributed by atoms with van der Waals surface area (Å²) in [6.07, 6.45) is -0.488. The van der Waals surface area contributed by atoms with Gasteiger partial charge in [0.2, 0.25) is 0 Å². The van der Waals surface area contributed by atoms with Crippen LogP contribution in [0.2, 0.25) is 0 Å². The van der Waals surface area contributed by atoms with Crippen LogP contribution in [-0.2, 0) is 28.2 Å². The van der Waals surface area contributed by atoms with E-state index in [4.69, 9.17) is 19.5 Å². The van der Waals surface area contributed by atoms with Gasteiger partial charge in [-0.05, 0) is 26.0 Å². The topological polar surface area (TPSA) is 162 Å². The molecule has 1 amide bonds. The fourth-order valence-corrected chi connectivity index (χ4v) is 4.99. The smallest absolute Gasteiger partial charge is 0.459 e. The van der Waals surface area contributed by atoms with E-state index in [0.29, 0.717) is 0 Å². The maximum atomic E-state index is 13.5. The highest BCUT2D eigenvalue weighted by molar-refractivity contribution is 7.52. The van der Waals surface area contributed by atoms with Crippen LogP contribution in [0, 0.1) is 0 Å². The Morgan fingerprint density at radius 1 is 1.44 bits per heavy atom. The number of nitrogens with zero attached hydrogens (tertiary/aromatic N) is 1. The predicted octanol–water partition coefficient (Wildman–Crippen LogP) is 0.561. The van der Waals surface area contributed by atoms with Gasteiger partial charge in [0.1, 0.15) is 29.8 Å². The molecule has 0 aromatic heterocycles. The Morgan fingerprint density at radius 3 is 2.74 bits per heavy atom. The predicted molar refractivity (Wildman–Crippen MR) is 121 cm³/mol. The summed E-state index contributed by atoms with van der Waals surface area (Å²) in [7, 11) is -2.95. The molecule has 3 rings (SSSR count). The second-order valence-corrected chi connectivity index (χ2v) is 9.76. The molecule has 1 aromatic rings. The zero-order chi connectivity index (χ0) is 25.1. The lowest BCUT2D eigenvalue weighted by Crippen LogP contribution is -2.59. The van der Waals surface area contributed by atoms with Crippen molar-refractivity contribution in [3.63, 3.8) is 0 Å². The van der Waals surface area contributed by atoms with E-state index < -0.39 is 50.3 Å². The van der Waals surface area contributed by atoms with E-state index in [1.807, 2.05) is 0 Å². The molecule has 2 heterocycles. The molecule has 186 valence electrons. The van der Waals surface area contributed by atoms with Gasteiger partial charge in [-0.15, -0.1) is 0 Å². The van der Waals surface area contributed by atoms with Gasteiger partial charge in [0.25, 0.3) is 5.91 Å². The number of aliphatic hydroxyl groups is 1. The molecule has 1 aromatic carbocycles. The summed E-state index contributed by atoms with van der Waals surface area (Å²) < 4.78 is 35.2. The second kappa shape index (κ2) is 10.3. The average Bonchev–Trinajstić information content (AvgIpc) is 3.01. The van der Waals surface area contributed by atoms with Gasteiger partial charge in [-0.3, -0.25) is 14.1 Å². The normalized spacial score (nSPS) is 29.3. The number of ether oxygens (including phenoxy) is 2. The summed E-state index contributed by atoms with van der Waals surface area (Å²) in [6.45, 7) is 6.38. The number of carbonyl (C=O) groups excluding carboxylic acids is 2. The Labute approximate surface area is 197 Å². The summed E-state index contributed by atoms with van der Waals surface area (Å²) >= 11 is 0. The Bertz CT molecular complexity index is 1000. The molecular weight excluding hydrogens is 467 g/mol. The van der Waals surface area contributed by atoms with Crippen LogP contribution in [0.15, 0.2) is 55.0 Å². The minimum atomic E-state index is -4.14. The van der Waals surface area contributed by atoms with Crippen molar-refractivity contribution in [2.75, 3.05) is 13.7 Å². The summed E-state index contributed by atoms with van der Waals surface area (Å²) in [5.41, 5.74) is 5.03. The third-order valence-corrected chi connectivity index (χ3v) is 6.97. The first-order valence-corrected chi connectivity index (χ1v) is 11.9. The lowest BCUT2D eigenvalue weighted by atomic mass is 9.93. The van der Waals surface area contributed by atoms with Crippen molar-refractivity contribution in [1.82, 2.24) is 15.3 Å². The van der Waals surface area contributed by atoms with Gasteiger partial charge in [0.05, 0.1) is 19.3 Å². The van der Waals surface area contributed by atoms with Crippen LogP contribution in [0.1, 0.15) is 13.8 Å². The highest BCUT2D eigenvalue weighted by atomic mass is 31.2. The van der Waals surface area contributed by atoms with Crippen molar-refractivity contribution in [2.24, 2.45) is 5.73 Å². The molecule has 5 N–H and O–H groups in total. The number of carbonyl (C=O) groups is 2. The molecule has 0 unspecified atom stereocenters. The first-order chi connectivity index (χ1) is 16.0. The van der Waals surface area contributed by atoms with Gasteiger partial charge in [0.15, 0.2) is 6.23 Å². The van der Waals surface area contributed by atoms with E-state index in [0.717, 1.165) is 0 Å². The maximum absolute atomic E-state index is 13.5. The zero-order valence-corrected chi connectivity index (χ0v) is 19.9. The quantitative estimate of drug-likeness (QED) is 0.279. The highest BCUT2D eigenvalue weighted by Gasteiger charge is 2.54. The lowest BCUT2D eigenvalue weighted by Gasteiger charge is -2.37. The first kappa shape index (κ1) is 25.9. The highest BCUT2D eigenvalue weighted by Crippen LogP contribution is 2.46. The van der Waals surface area contributed by atoms with Crippen molar-refractivity contribution in [3.8, 4) is 5.75 Å². The standard InChI is InChI=1S/C21H29N4O8P/c1-13(19(28)30-4)24-34(29,33-15-8-6-5-7-9-15)31-12-16-18(27)21(3,22)20(32-16)25-11-10-17(26)23-14(25)2/h5-11,13,16,18,20,27H,2,12,22H2,1,3-4H3,(H,23,26)(H,24,29)/t13-,16+,18+,20+,21+,34-/m0/s1. The SMILES string of the molecule is C=C1NC(=O)C=CN1[C@@H]1O[C@H](CO[P@@](=O)(N[C@@H](C)C(=O)OC)Oc2ccccc2)[C@@H](O)[C@@]1(C)N. The number of esters is 1. The van der Waals surface area contributed by atoms with E-state index in [1.165, 1.54) is 31.2 Å². The van der Waals surface area contributed by atoms with E-state index in [9.17, 15) is 19.3 Å². The van der Waals surface area contributed by atoms with Crippen LogP contribution >= 0.6 is 7.75 Å². The molecule has 0 spiro atoms. The Morgan fingerprint density at radius 2 is 2.12 bits per heavy atom. The van der Waals surface area contributed by atoms with Crippen molar-refractivity contribution >= 4 is 19.6 Å². The van der Waals surface area contributed by atoms with Crippen LogP contribution in [0.25, 0.3) is 0 Å². The van der Waals surface area contributed by atoms with E-state index >= 15 is 0 Å². The number of methoxy groups -OCH3 is 1. The number of para-hydroxylation sites is 1. The number of nitrogens with two attached hydrogens (primary N) is 1. The molecule has 34 heavy (non-hydrogen) atoms. The molecule has 1 saturated heterocycles. The van der Waals surface area contributed by atoms with Gasteiger partial charge in [0, 0.05) is 12.3 Å². The minimum Gasteiger partial charge on any atom is -0.468 e. The van der Waals surface area contributed by atoms with Crippen LogP contribution in [0.3, 0.4) is 0 Å². The largest absolute Gasteiger partial charge is 0.468 e. The third-order valence-electron chi connectivity index (χ3n) is 5.33. The summed E-state index contributed by atoms with van der Waals surface area (Å²) in [5, 5.41) is 15.9. The van der Waals surface area contributed by atoms with Crippen molar-refractivity contribution < 1.29 is 37.8 Å². The molecule has 1 fully saturated rings. The summed E-state index contributed by atoms with van der Waals surface area (Å²) in [4.78, 5) is 24.9. The van der Waals surface area contributed by atoms with Crippen molar-refractivity contribution in [3.05, 3.63) is 55.0 Å². The summed E-state index contributed by atoms with van der Waals surface area (Å²) in [6, 6.07) is 7.21. The van der Waals surface area contributed by atoms with Crippen molar-refractivity contribution in [2.45, 2.75) is 43.9 Å². The number of amides is 1. The summed E-state index contributed by atoms with van der Waals surface area (Å²) in [5.74, 6) is -0.585. The zero-order valence-electron chi connectivity index (χ0n) is 19.0. The van der Waals surface area contributed by atoms with Crippen LogP contribution < -0.4 is 20.7 Å². The maximum Gasteiger partial charge on any atom is 0.459 e. The molecule has 0 aliphatic carbocycles. The van der Waals surface area contributed by atoms with Gasteiger partial charge < -0.3 is 35.1 Å². The monoisotopic (exact) mass is 496 g/mol. The van der Waals surface area contributed by atoms with Crippen LogP contribution in [0.5, 0.6) is 5.75 Å². The fraction of sp³-hybridized carbons (Fsp3) is 0.429. The molecule has 0 bridgehead atoms. The van der Waals surface area contributed by atoms with E-state index in [-0.39, 0.29) is 17.5 Å². The Balaban J connectivity index is 1.76. The average molecular weight is 496 g/mol. The molecule has 6 atom stereocenters. The van der Waals surface area contributed by atoms with Gasteiger partial charge in [-0.25, -0.2) is 4.57 Å². The van der Waals surface area contributed by atoms with Gasteiger partial charge >= 0.3 is 13.7 Å². The number of benzene rings is 1. The van der Waals surface area contributed by atoms with E-state index in [1.54, 1.807) is 37.3 Å². The van der Waals surface area contributed by atoms with Crippen LogP contribution in [0.4, 0.5) is 0 Å². The number of hydrogen-bond donors (Lipinski definition) is 4. The molecule has 12 nitrogen and oxygen atoms in total. The molecule has 0 saturated carbocycles. The molecular formula is C21H29N4O8P. The number of aliphatic hydroxyl groups excluding tert-OH is 1. The van der Waals surface area contributed by atoms with Gasteiger partial charge in [-0.2, -0.15) is 5.09 Å². The third kappa shape index (κ3) is 5.66. The number of nitrogens with one attached hydrogen (secondary N) is 2.